The molecule has 2 amide bonds. The summed E-state index contributed by atoms with van der Waals surface area (Å²) in [5, 5.41) is 29.0. The molecular formula is C40H38F2N14O10P2. The number of carbonyl (C=O) groups excluding carboxylic acids is 2. The minimum Gasteiger partial charge on any atom is -0.347 e. The SMILES string of the molecule is N#CCCOP1(=O)N[C@H]2[C@@H](F)[C@H](n3cnc4c(NC(=O)c5ccccc5)ncnc43)O[C@@H]2COP(=O)(OCCC#N)N[C@H]2[C@@H](F)[C@H](n3cnc4c(NC(=O)c5ccccc5)ncnc43)O[C@@H]2CO1. The molecule has 352 valence electrons. The smallest absolute Gasteiger partial charge is 0.347 e. The minimum absolute atomic E-state index is 0.00189. The van der Waals surface area contributed by atoms with Crippen LogP contribution in [0.4, 0.5) is 20.4 Å². The average molecular weight is 975 g/mol. The van der Waals surface area contributed by atoms with Crippen molar-refractivity contribution in [1.82, 2.24) is 49.2 Å². The standard InChI is InChI=1S/C40H38F2N14O10P2/c41-27-29-25(65-39(27)55-21-49-31-33(45-19-47-35(31)55)51-37(57)23-9-3-1-4-10-23)17-63-68(60,62-16-8-14-44)54-30-26(18-64-67(59,53-29)61-15-7-13-43)66-40(28(30)42)56-22-50-32-34(46-20-48-36(32)56)52-38(58)24-11-5-2-6-12-24/h1-6,9-12,19-22,25-30,39-40H,7-8,15-18H2,(H,53,59)(H,54,60)(H,45,47,51,57)(H,46,48,52,58)/t25-,26-,27-,28-,29-,30-,39-,40-,67?,68?/m1/s1. The Bertz CT molecular complexity index is 2800. The fourth-order valence-corrected chi connectivity index (χ4v) is 10.8. The van der Waals surface area contributed by atoms with Crippen LogP contribution in [0.25, 0.3) is 22.3 Å². The van der Waals surface area contributed by atoms with Crippen LogP contribution < -0.4 is 20.8 Å². The molecule has 0 bridgehead atoms. The van der Waals surface area contributed by atoms with Gasteiger partial charge in [0, 0.05) is 11.1 Å². The molecule has 2 unspecified atom stereocenters. The predicted molar refractivity (Wildman–Crippen MR) is 230 cm³/mol. The average Bonchev–Trinajstić information content (AvgIpc) is 4.12. The van der Waals surface area contributed by atoms with Crippen LogP contribution in [0, 0.1) is 22.7 Å². The predicted octanol–water partition coefficient (Wildman–Crippen LogP) is 4.68. The third kappa shape index (κ3) is 9.60. The molecule has 3 saturated heterocycles. The molecule has 7 heterocycles. The summed E-state index contributed by atoms with van der Waals surface area (Å²) in [4.78, 5) is 51.4. The maximum atomic E-state index is 17.1. The molecule has 2 aromatic carbocycles. The Morgan fingerprint density at radius 3 is 1.49 bits per heavy atom. The van der Waals surface area contributed by atoms with E-state index in [0.29, 0.717) is 11.1 Å². The molecule has 0 spiro atoms. The summed E-state index contributed by atoms with van der Waals surface area (Å²) < 4.78 is 101. The molecule has 4 aromatic heterocycles. The number of nitriles is 2. The van der Waals surface area contributed by atoms with E-state index in [4.69, 9.17) is 27.6 Å². The van der Waals surface area contributed by atoms with Crippen molar-refractivity contribution in [2.75, 3.05) is 37.1 Å². The summed E-state index contributed by atoms with van der Waals surface area (Å²) in [7, 11) is -9.43. The molecule has 0 saturated carbocycles. The largest absolute Gasteiger partial charge is 0.406 e. The zero-order chi connectivity index (χ0) is 47.4. The zero-order valence-electron chi connectivity index (χ0n) is 35.1. The van der Waals surface area contributed by atoms with Crippen molar-refractivity contribution in [2.45, 2.75) is 61.9 Å². The molecule has 68 heavy (non-hydrogen) atoms. The topological polar surface area (TPSA) is 307 Å². The number of aromatic nitrogens is 8. The van der Waals surface area contributed by atoms with Gasteiger partial charge in [0.1, 0.15) is 24.9 Å². The van der Waals surface area contributed by atoms with Crippen molar-refractivity contribution in [2.24, 2.45) is 0 Å². The molecule has 9 rings (SSSR count). The zero-order valence-corrected chi connectivity index (χ0v) is 36.9. The van der Waals surface area contributed by atoms with Crippen molar-refractivity contribution < 1.29 is 55.1 Å². The quantitative estimate of drug-likeness (QED) is 0.0955. The van der Waals surface area contributed by atoms with Crippen molar-refractivity contribution in [1.29, 1.82) is 10.5 Å². The van der Waals surface area contributed by atoms with E-state index in [-0.39, 0.29) is 46.8 Å². The fraction of sp³-hybridized carbons (Fsp3) is 0.350. The van der Waals surface area contributed by atoms with Gasteiger partial charge >= 0.3 is 15.5 Å². The van der Waals surface area contributed by atoms with E-state index in [1.54, 1.807) is 60.7 Å². The molecule has 0 radical (unpaired) electrons. The van der Waals surface area contributed by atoms with E-state index in [2.05, 4.69) is 50.7 Å². The second kappa shape index (κ2) is 20.0. The maximum absolute atomic E-state index is 17.1. The van der Waals surface area contributed by atoms with Crippen LogP contribution in [-0.2, 0) is 36.7 Å². The van der Waals surface area contributed by atoms with Gasteiger partial charge in [-0.15, -0.1) is 0 Å². The summed E-state index contributed by atoms with van der Waals surface area (Å²) in [6.45, 7) is -2.46. The van der Waals surface area contributed by atoms with Crippen LogP contribution in [-0.4, -0.2) is 114 Å². The monoisotopic (exact) mass is 974 g/mol. The van der Waals surface area contributed by atoms with Crippen molar-refractivity contribution >= 4 is 61.3 Å². The summed E-state index contributed by atoms with van der Waals surface area (Å²) in [6.07, 6.45) is -6.42. The van der Waals surface area contributed by atoms with Gasteiger partial charge in [0.15, 0.2) is 58.8 Å². The summed E-state index contributed by atoms with van der Waals surface area (Å²) >= 11 is 0. The maximum Gasteiger partial charge on any atom is 0.406 e. The van der Waals surface area contributed by atoms with Crippen LogP contribution in [0.3, 0.4) is 0 Å². The molecule has 10 atom stereocenters. The van der Waals surface area contributed by atoms with E-state index >= 15 is 8.78 Å². The van der Waals surface area contributed by atoms with E-state index < -0.39 is 103 Å². The Morgan fingerprint density at radius 1 is 0.676 bits per heavy atom. The van der Waals surface area contributed by atoms with Gasteiger partial charge in [0.25, 0.3) is 11.8 Å². The van der Waals surface area contributed by atoms with Crippen LogP contribution in [0.2, 0.25) is 0 Å². The number of carbonyl (C=O) groups is 2. The fourth-order valence-electron chi connectivity index (χ4n) is 7.63. The first kappa shape index (κ1) is 46.6. The van der Waals surface area contributed by atoms with Gasteiger partial charge in [-0.05, 0) is 24.3 Å². The molecule has 3 aliphatic rings. The van der Waals surface area contributed by atoms with Crippen LogP contribution >= 0.6 is 15.5 Å². The normalized spacial score (nSPS) is 28.4. The number of halogens is 2. The van der Waals surface area contributed by atoms with E-state index in [9.17, 15) is 29.2 Å². The molecule has 4 N–H and O–H groups in total. The first-order chi connectivity index (χ1) is 33.0. The lowest BCUT2D eigenvalue weighted by Crippen LogP contribution is -2.47. The number of fused-ring (bicyclic) bond motifs is 4. The Morgan fingerprint density at radius 2 is 1.09 bits per heavy atom. The number of alkyl halides is 2. The molecular weight excluding hydrogens is 936 g/mol. The molecule has 28 heteroatoms. The van der Waals surface area contributed by atoms with Gasteiger partial charge in [0.2, 0.25) is 0 Å². The molecule has 6 aromatic rings. The highest BCUT2D eigenvalue weighted by atomic mass is 31.2. The Kier molecular flexibility index (Phi) is 13.7. The minimum atomic E-state index is -4.72. The van der Waals surface area contributed by atoms with Gasteiger partial charge in [0.05, 0.1) is 76.1 Å². The number of rotatable bonds is 12. The van der Waals surface area contributed by atoms with Crippen LogP contribution in [0.15, 0.2) is 86.0 Å². The highest BCUT2D eigenvalue weighted by Crippen LogP contribution is 2.52. The van der Waals surface area contributed by atoms with E-state index in [1.807, 2.05) is 12.1 Å². The number of imidazole rings is 2. The summed E-state index contributed by atoms with van der Waals surface area (Å²) in [5.74, 6) is -1.00. The van der Waals surface area contributed by atoms with Crippen molar-refractivity contribution in [3.63, 3.8) is 0 Å². The van der Waals surface area contributed by atoms with Gasteiger partial charge < -0.3 is 20.1 Å². The van der Waals surface area contributed by atoms with Gasteiger partial charge in [-0.2, -0.15) is 10.5 Å². The van der Waals surface area contributed by atoms with Crippen LogP contribution in [0.1, 0.15) is 46.0 Å². The first-order valence-electron chi connectivity index (χ1n) is 20.7. The number of amides is 2. The first-order valence-corrected chi connectivity index (χ1v) is 23.8. The number of nitrogens with zero attached hydrogens (tertiary/aromatic N) is 10. The second-order valence-corrected chi connectivity index (χ2v) is 18.7. The third-order valence-corrected chi connectivity index (χ3v) is 14.1. The molecule has 0 aliphatic carbocycles. The molecule has 3 fully saturated rings. The van der Waals surface area contributed by atoms with Gasteiger partial charge in [-0.25, -0.2) is 58.0 Å². The highest BCUT2D eigenvalue weighted by Gasteiger charge is 2.54. The lowest BCUT2D eigenvalue weighted by Gasteiger charge is -2.31. The second-order valence-electron chi connectivity index (χ2n) is 15.1. The van der Waals surface area contributed by atoms with Crippen molar-refractivity contribution in [3.05, 3.63) is 97.1 Å². The highest BCUT2D eigenvalue weighted by molar-refractivity contribution is 7.52. The summed E-state index contributed by atoms with van der Waals surface area (Å²) in [6, 6.07) is 17.0. The third-order valence-electron chi connectivity index (χ3n) is 10.8. The Labute approximate surface area is 383 Å². The van der Waals surface area contributed by atoms with E-state index in [1.165, 1.54) is 21.8 Å². The number of hydrogen-bond acceptors (Lipinski definition) is 18. The Balaban J connectivity index is 1.01. The van der Waals surface area contributed by atoms with Crippen molar-refractivity contribution in [3.8, 4) is 12.1 Å². The number of ether oxygens (including phenoxy) is 2. The lowest BCUT2D eigenvalue weighted by atomic mass is 10.1. The molecule has 3 aliphatic heterocycles. The lowest BCUT2D eigenvalue weighted by molar-refractivity contribution is -0.0389. The molecule has 24 nitrogen and oxygen atoms in total. The van der Waals surface area contributed by atoms with Gasteiger partial charge in [-0.1, -0.05) is 36.4 Å². The number of nitrogens with one attached hydrogen (secondary N) is 4. The number of benzene rings is 2. The van der Waals surface area contributed by atoms with E-state index in [0.717, 1.165) is 12.7 Å². The van der Waals surface area contributed by atoms with Gasteiger partial charge in [-0.3, -0.25) is 36.8 Å². The number of anilines is 2. The number of hydrogen-bond donors (Lipinski definition) is 4. The summed E-state index contributed by atoms with van der Waals surface area (Å²) in [5.41, 5.74) is 0.820. The Hall–Kier alpha value is -6.54. The van der Waals surface area contributed by atoms with Crippen LogP contribution in [0.5, 0.6) is 0 Å².